The second-order valence-electron chi connectivity index (χ2n) is 6.22. The molecule has 0 saturated heterocycles. The summed E-state index contributed by atoms with van der Waals surface area (Å²) in [4.78, 5) is 47.4. The molecule has 2 amide bonds. The van der Waals surface area contributed by atoms with Crippen LogP contribution in [0.25, 0.3) is 0 Å². The van der Waals surface area contributed by atoms with Crippen LogP contribution in [0.3, 0.4) is 0 Å². The number of hydrogen-bond acceptors (Lipinski definition) is 7. The highest BCUT2D eigenvalue weighted by atomic mass is 19.3. The molecule has 162 valence electrons. The van der Waals surface area contributed by atoms with Gasteiger partial charge in [0.25, 0.3) is 11.8 Å². The first-order chi connectivity index (χ1) is 14.8. The van der Waals surface area contributed by atoms with Gasteiger partial charge in [-0.25, -0.2) is 0 Å². The van der Waals surface area contributed by atoms with Crippen LogP contribution in [0.4, 0.5) is 14.5 Å². The van der Waals surface area contributed by atoms with Crippen molar-refractivity contribution >= 4 is 29.3 Å². The second-order valence-corrected chi connectivity index (χ2v) is 6.22. The van der Waals surface area contributed by atoms with Crippen LogP contribution in [-0.2, 0) is 14.3 Å². The van der Waals surface area contributed by atoms with Gasteiger partial charge in [-0.3, -0.25) is 19.2 Å². The zero-order chi connectivity index (χ0) is 22.4. The summed E-state index contributed by atoms with van der Waals surface area (Å²) in [7, 11) is 0. The molecule has 0 aromatic heterocycles. The third-order valence-corrected chi connectivity index (χ3v) is 4.01. The van der Waals surface area contributed by atoms with Crippen molar-refractivity contribution in [3.05, 3.63) is 53.6 Å². The molecule has 2 aromatic rings. The Hall–Kier alpha value is -4.02. The van der Waals surface area contributed by atoms with Crippen LogP contribution >= 0.6 is 0 Å². The van der Waals surface area contributed by atoms with Crippen LogP contribution in [-0.4, -0.2) is 49.9 Å². The Morgan fingerprint density at radius 2 is 1.94 bits per heavy atom. The van der Waals surface area contributed by atoms with Crippen molar-refractivity contribution in [1.82, 2.24) is 5.32 Å². The molecule has 0 unspecified atom stereocenters. The van der Waals surface area contributed by atoms with Gasteiger partial charge < -0.3 is 24.8 Å². The lowest BCUT2D eigenvalue weighted by atomic mass is 10.1. The van der Waals surface area contributed by atoms with Crippen molar-refractivity contribution in [2.45, 2.75) is 6.61 Å². The van der Waals surface area contributed by atoms with E-state index >= 15 is 0 Å². The molecule has 0 radical (unpaired) electrons. The summed E-state index contributed by atoms with van der Waals surface area (Å²) < 4.78 is 38.7. The molecule has 0 bridgehead atoms. The Balaban J connectivity index is 1.48. The lowest BCUT2D eigenvalue weighted by Crippen LogP contribution is -2.31. The number of benzene rings is 2. The molecule has 0 saturated carbocycles. The van der Waals surface area contributed by atoms with Gasteiger partial charge in [-0.2, -0.15) is 8.78 Å². The van der Waals surface area contributed by atoms with E-state index in [9.17, 15) is 28.0 Å². The summed E-state index contributed by atoms with van der Waals surface area (Å²) in [6.07, 6.45) is 0. The van der Waals surface area contributed by atoms with E-state index in [4.69, 9.17) is 9.47 Å². The number of ether oxygens (including phenoxy) is 3. The number of carbonyl (C=O) groups excluding carboxylic acids is 4. The van der Waals surface area contributed by atoms with Gasteiger partial charge in [0.1, 0.15) is 18.0 Å². The number of anilines is 1. The highest BCUT2D eigenvalue weighted by Gasteiger charge is 2.19. The third kappa shape index (κ3) is 5.98. The Morgan fingerprint density at radius 3 is 2.71 bits per heavy atom. The zero-order valence-corrected chi connectivity index (χ0v) is 15.9. The summed E-state index contributed by atoms with van der Waals surface area (Å²) in [5, 5.41) is 4.82. The fourth-order valence-corrected chi connectivity index (χ4v) is 2.60. The third-order valence-electron chi connectivity index (χ3n) is 4.01. The minimum Gasteiger partial charge on any atom is -0.482 e. The number of carbonyl (C=O) groups is 4. The first-order valence-electron chi connectivity index (χ1n) is 8.90. The minimum absolute atomic E-state index is 0.000326. The van der Waals surface area contributed by atoms with Crippen LogP contribution in [0.15, 0.2) is 42.5 Å². The van der Waals surface area contributed by atoms with Gasteiger partial charge in [0.15, 0.2) is 19.0 Å². The topological polar surface area (TPSA) is 120 Å². The van der Waals surface area contributed by atoms with Gasteiger partial charge in [-0.15, -0.1) is 0 Å². The predicted molar refractivity (Wildman–Crippen MR) is 101 cm³/mol. The molecule has 0 spiro atoms. The minimum atomic E-state index is -3.04. The van der Waals surface area contributed by atoms with Crippen LogP contribution in [0.5, 0.6) is 11.5 Å². The monoisotopic (exact) mass is 434 g/mol. The molecule has 1 heterocycles. The SMILES string of the molecule is O=C1COc2ccc(C(=O)COC(=O)CNC(=O)c3cccc(OC(F)F)c3)cc2N1. The number of hydrogen-bond donors (Lipinski definition) is 2. The summed E-state index contributed by atoms with van der Waals surface area (Å²) >= 11 is 0. The number of halogens is 2. The number of alkyl halides is 2. The number of rotatable bonds is 8. The van der Waals surface area contributed by atoms with E-state index in [2.05, 4.69) is 15.4 Å². The van der Waals surface area contributed by atoms with Crippen molar-refractivity contribution in [3.63, 3.8) is 0 Å². The number of nitrogens with one attached hydrogen (secondary N) is 2. The molecule has 1 aliphatic heterocycles. The Labute approximate surface area is 174 Å². The second kappa shape index (κ2) is 9.65. The smallest absolute Gasteiger partial charge is 0.387 e. The van der Waals surface area contributed by atoms with E-state index in [1.54, 1.807) is 0 Å². The number of fused-ring (bicyclic) bond motifs is 1. The van der Waals surface area contributed by atoms with Gasteiger partial charge >= 0.3 is 12.6 Å². The van der Waals surface area contributed by atoms with Crippen molar-refractivity contribution < 1.29 is 42.2 Å². The van der Waals surface area contributed by atoms with Crippen molar-refractivity contribution in [1.29, 1.82) is 0 Å². The molecule has 0 aliphatic carbocycles. The van der Waals surface area contributed by atoms with Gasteiger partial charge in [0, 0.05) is 11.1 Å². The lowest BCUT2D eigenvalue weighted by Gasteiger charge is -2.18. The van der Waals surface area contributed by atoms with Crippen LogP contribution < -0.4 is 20.1 Å². The fraction of sp³-hybridized carbons (Fsp3) is 0.200. The zero-order valence-electron chi connectivity index (χ0n) is 15.9. The highest BCUT2D eigenvalue weighted by Crippen LogP contribution is 2.28. The summed E-state index contributed by atoms with van der Waals surface area (Å²) in [6, 6.07) is 9.41. The van der Waals surface area contributed by atoms with Crippen molar-refractivity contribution in [2.75, 3.05) is 25.1 Å². The van der Waals surface area contributed by atoms with E-state index in [1.807, 2.05) is 0 Å². The largest absolute Gasteiger partial charge is 0.482 e. The molecule has 1 aliphatic rings. The molecule has 3 rings (SSSR count). The quantitative estimate of drug-likeness (QED) is 0.480. The van der Waals surface area contributed by atoms with Gasteiger partial charge in [0.2, 0.25) is 0 Å². The van der Waals surface area contributed by atoms with Gasteiger partial charge in [-0.05, 0) is 36.4 Å². The van der Waals surface area contributed by atoms with E-state index in [-0.39, 0.29) is 29.4 Å². The Bertz CT molecular complexity index is 1030. The molecule has 31 heavy (non-hydrogen) atoms. The molecular weight excluding hydrogens is 418 g/mol. The lowest BCUT2D eigenvalue weighted by molar-refractivity contribution is -0.141. The summed E-state index contributed by atoms with van der Waals surface area (Å²) in [6.45, 7) is -4.28. The molecular formula is C20H16F2N2O7. The van der Waals surface area contributed by atoms with Crippen molar-refractivity contribution in [3.8, 4) is 11.5 Å². The summed E-state index contributed by atoms with van der Waals surface area (Å²) in [5.41, 5.74) is 0.524. The van der Waals surface area contributed by atoms with E-state index < -0.39 is 37.4 Å². The van der Waals surface area contributed by atoms with Crippen LogP contribution in [0, 0.1) is 0 Å². The molecule has 0 atom stereocenters. The predicted octanol–water partition coefficient (Wildman–Crippen LogP) is 1.77. The maximum absolute atomic E-state index is 12.2. The average molecular weight is 434 g/mol. The van der Waals surface area contributed by atoms with Crippen molar-refractivity contribution in [2.24, 2.45) is 0 Å². The number of Topliss-reactive ketones (excluding diaryl/α,β-unsaturated/α-hetero) is 1. The van der Waals surface area contributed by atoms with Crippen LogP contribution in [0.2, 0.25) is 0 Å². The first kappa shape index (κ1) is 21.7. The van der Waals surface area contributed by atoms with E-state index in [0.717, 1.165) is 6.07 Å². The molecule has 2 N–H and O–H groups in total. The molecule has 9 nitrogen and oxygen atoms in total. The van der Waals surface area contributed by atoms with Gasteiger partial charge in [-0.1, -0.05) is 6.07 Å². The first-order valence-corrected chi connectivity index (χ1v) is 8.90. The Kier molecular flexibility index (Phi) is 6.75. The number of esters is 1. The molecule has 0 fully saturated rings. The van der Waals surface area contributed by atoms with E-state index in [0.29, 0.717) is 11.4 Å². The Morgan fingerprint density at radius 1 is 1.13 bits per heavy atom. The van der Waals surface area contributed by atoms with E-state index in [1.165, 1.54) is 36.4 Å². The number of amides is 2. The van der Waals surface area contributed by atoms with Crippen LogP contribution in [0.1, 0.15) is 20.7 Å². The molecule has 11 heteroatoms. The number of ketones is 1. The molecule has 2 aromatic carbocycles. The maximum atomic E-state index is 12.2. The summed E-state index contributed by atoms with van der Waals surface area (Å²) in [5.74, 6) is -2.27. The van der Waals surface area contributed by atoms with Gasteiger partial charge in [0.05, 0.1) is 5.69 Å². The normalized spacial score (nSPS) is 12.3. The average Bonchev–Trinajstić information content (AvgIpc) is 2.74. The standard InChI is InChI=1S/C20H16F2N2O7/c21-20(22)31-13-3-1-2-12(6-13)19(28)23-8-18(27)30-9-15(25)11-4-5-16-14(7-11)24-17(26)10-29-16/h1-7,20H,8-10H2,(H,23,28)(H,24,26). The highest BCUT2D eigenvalue weighted by molar-refractivity contribution is 6.02. The maximum Gasteiger partial charge on any atom is 0.387 e. The fourth-order valence-electron chi connectivity index (χ4n) is 2.60.